The van der Waals surface area contributed by atoms with Gasteiger partial charge in [0.2, 0.25) is 0 Å². The molecule has 0 amide bonds. The van der Waals surface area contributed by atoms with Gasteiger partial charge in [-0.15, -0.1) is 0 Å². The van der Waals surface area contributed by atoms with E-state index in [2.05, 4.69) is 16.0 Å². The molecule has 0 rings (SSSR count). The number of rotatable bonds is 6. The summed E-state index contributed by atoms with van der Waals surface area (Å²) < 4.78 is 0. The molecule has 0 aliphatic heterocycles. The van der Waals surface area contributed by atoms with Crippen LogP contribution in [0.15, 0.2) is 0 Å². The Morgan fingerprint density at radius 1 is 0.438 bits per heavy atom. The molecule has 0 aliphatic carbocycles. The summed E-state index contributed by atoms with van der Waals surface area (Å²) in [5.41, 5.74) is 0. The van der Waals surface area contributed by atoms with Crippen molar-refractivity contribution in [2.75, 3.05) is 39.3 Å². The van der Waals surface area contributed by atoms with E-state index in [4.69, 9.17) is 0 Å². The Labute approximate surface area is 119 Å². The van der Waals surface area contributed by atoms with E-state index in [-0.39, 0.29) is 22.4 Å². The van der Waals surface area contributed by atoms with Gasteiger partial charge in [-0.2, -0.15) is 39.3 Å². The molecule has 0 spiro atoms. The average molecular weight is 397 g/mol. The maximum absolute atomic E-state index is 3.97. The van der Waals surface area contributed by atoms with E-state index in [0.717, 1.165) is 39.3 Å². The monoisotopic (exact) mass is 397 g/mol. The zero-order valence-corrected chi connectivity index (χ0v) is 15.2. The Morgan fingerprint density at radius 3 is 0.562 bits per heavy atom. The normalized spacial score (nSPS) is 7.88. The quantitative estimate of drug-likeness (QED) is 0.645. The van der Waals surface area contributed by atoms with Crippen molar-refractivity contribution in [2.45, 2.75) is 41.5 Å². The van der Waals surface area contributed by atoms with Crippen LogP contribution in [0.3, 0.4) is 0 Å². The summed E-state index contributed by atoms with van der Waals surface area (Å²) in [5.74, 6) is 0. The molecule has 96 valence electrons. The molecular formula is C12H30N3Ta+2. The van der Waals surface area contributed by atoms with Crippen LogP contribution in [0.2, 0.25) is 0 Å². The van der Waals surface area contributed by atoms with E-state index in [1.807, 2.05) is 41.5 Å². The first-order chi connectivity index (χ1) is 7.24. The van der Waals surface area contributed by atoms with Crippen LogP contribution in [-0.4, -0.2) is 39.3 Å². The summed E-state index contributed by atoms with van der Waals surface area (Å²) in [4.78, 5) is 0. The fraction of sp³-hybridized carbons (Fsp3) is 1.00. The van der Waals surface area contributed by atoms with Crippen molar-refractivity contribution in [3.63, 3.8) is 0 Å². The Bertz CT molecular complexity index is 53.0. The third-order valence-electron chi connectivity index (χ3n) is 1.34. The molecule has 0 unspecified atom stereocenters. The van der Waals surface area contributed by atoms with Crippen LogP contribution in [-0.2, 0) is 22.4 Å². The Balaban J connectivity index is -0.0000000655. The standard InChI is InChI=1S/3C4H10N.Ta/c3*1-3-5-4-2;/h3*3-4H2,1-2H3;/q3*-1;+5. The van der Waals surface area contributed by atoms with E-state index in [1.165, 1.54) is 0 Å². The van der Waals surface area contributed by atoms with Gasteiger partial charge in [-0.05, 0) is 0 Å². The molecule has 0 aromatic rings. The SMILES string of the molecule is CC[N-]CC.CC[N-]CC.CC[N-]CC.[Ta+5]. The molecule has 0 saturated heterocycles. The molecule has 0 atom stereocenters. The van der Waals surface area contributed by atoms with Crippen molar-refractivity contribution in [3.8, 4) is 0 Å². The molecule has 0 aromatic heterocycles. The first kappa shape index (κ1) is 25.5. The minimum Gasteiger partial charge on any atom is -0.663 e. The van der Waals surface area contributed by atoms with Gasteiger partial charge in [-0.3, -0.25) is 0 Å². The second-order valence-electron chi connectivity index (χ2n) is 2.57. The molecule has 0 aromatic carbocycles. The molecular weight excluding hydrogens is 367 g/mol. The van der Waals surface area contributed by atoms with Crippen LogP contribution in [0.5, 0.6) is 0 Å². The molecule has 16 heavy (non-hydrogen) atoms. The van der Waals surface area contributed by atoms with Crippen molar-refractivity contribution in [3.05, 3.63) is 16.0 Å². The average Bonchev–Trinajstić information content (AvgIpc) is 2.23. The Hall–Kier alpha value is 0.620. The predicted octanol–water partition coefficient (Wildman–Crippen LogP) is 4.20. The predicted molar refractivity (Wildman–Crippen MR) is 73.3 cm³/mol. The topological polar surface area (TPSA) is 42.3 Å². The van der Waals surface area contributed by atoms with Crippen molar-refractivity contribution >= 4 is 0 Å². The maximum atomic E-state index is 3.97. The third-order valence-corrected chi connectivity index (χ3v) is 1.34. The smallest absolute Gasteiger partial charge is 0.663 e. The summed E-state index contributed by atoms with van der Waals surface area (Å²) in [6.45, 7) is 18.1. The zero-order chi connectivity index (χ0) is 12.4. The second kappa shape index (κ2) is 36.1. The number of nitrogens with zero attached hydrogens (tertiary/aromatic N) is 3. The number of hydrogen-bond acceptors (Lipinski definition) is 0. The largest absolute Gasteiger partial charge is 5.00 e. The first-order valence-electron chi connectivity index (χ1n) is 6.14. The molecule has 0 N–H and O–H groups in total. The molecule has 0 saturated carbocycles. The van der Waals surface area contributed by atoms with Gasteiger partial charge in [0, 0.05) is 0 Å². The summed E-state index contributed by atoms with van der Waals surface area (Å²) in [6, 6.07) is 0. The number of hydrogen-bond donors (Lipinski definition) is 0. The van der Waals surface area contributed by atoms with Gasteiger partial charge in [-0.25, -0.2) is 0 Å². The summed E-state index contributed by atoms with van der Waals surface area (Å²) in [6.07, 6.45) is 0. The van der Waals surface area contributed by atoms with Gasteiger partial charge < -0.3 is 16.0 Å². The van der Waals surface area contributed by atoms with E-state index >= 15 is 0 Å². The fourth-order valence-electron chi connectivity index (χ4n) is 0.671. The van der Waals surface area contributed by atoms with Gasteiger partial charge in [-0.1, -0.05) is 41.5 Å². The minimum atomic E-state index is 0. The van der Waals surface area contributed by atoms with Crippen molar-refractivity contribution in [1.29, 1.82) is 0 Å². The zero-order valence-electron chi connectivity index (χ0n) is 12.0. The second-order valence-corrected chi connectivity index (χ2v) is 2.57. The van der Waals surface area contributed by atoms with Gasteiger partial charge in [0.15, 0.2) is 0 Å². The molecule has 4 heteroatoms. The van der Waals surface area contributed by atoms with Gasteiger partial charge in [0.1, 0.15) is 0 Å². The van der Waals surface area contributed by atoms with Gasteiger partial charge in [0.05, 0.1) is 0 Å². The van der Waals surface area contributed by atoms with E-state index in [9.17, 15) is 0 Å². The summed E-state index contributed by atoms with van der Waals surface area (Å²) >= 11 is 0. The van der Waals surface area contributed by atoms with Gasteiger partial charge in [0.25, 0.3) is 0 Å². The molecule has 0 fully saturated rings. The molecule has 0 aliphatic rings. The van der Waals surface area contributed by atoms with Crippen LogP contribution in [0.25, 0.3) is 16.0 Å². The fourth-order valence-corrected chi connectivity index (χ4v) is 0.671. The van der Waals surface area contributed by atoms with Crippen molar-refractivity contribution in [1.82, 2.24) is 0 Å². The van der Waals surface area contributed by atoms with E-state index in [0.29, 0.717) is 0 Å². The minimum absolute atomic E-state index is 0. The summed E-state index contributed by atoms with van der Waals surface area (Å²) in [5, 5.41) is 11.9. The first-order valence-corrected chi connectivity index (χ1v) is 6.14. The van der Waals surface area contributed by atoms with Crippen LogP contribution >= 0.6 is 0 Å². The van der Waals surface area contributed by atoms with E-state index in [1.54, 1.807) is 0 Å². The Morgan fingerprint density at radius 2 is 0.562 bits per heavy atom. The molecule has 0 bridgehead atoms. The molecule has 0 heterocycles. The third kappa shape index (κ3) is 61.9. The maximum Gasteiger partial charge on any atom is 5.00 e. The van der Waals surface area contributed by atoms with Crippen molar-refractivity contribution < 1.29 is 22.4 Å². The van der Waals surface area contributed by atoms with Crippen LogP contribution in [0.1, 0.15) is 41.5 Å². The van der Waals surface area contributed by atoms with Crippen LogP contribution < -0.4 is 0 Å². The van der Waals surface area contributed by atoms with Crippen LogP contribution in [0, 0.1) is 0 Å². The summed E-state index contributed by atoms with van der Waals surface area (Å²) in [7, 11) is 0. The van der Waals surface area contributed by atoms with Gasteiger partial charge >= 0.3 is 22.4 Å². The molecule has 0 radical (unpaired) electrons. The van der Waals surface area contributed by atoms with Crippen molar-refractivity contribution in [2.24, 2.45) is 0 Å². The van der Waals surface area contributed by atoms with Crippen LogP contribution in [0.4, 0.5) is 0 Å². The molecule has 3 nitrogen and oxygen atoms in total. The van der Waals surface area contributed by atoms with E-state index < -0.39 is 0 Å². The Kier molecular flexibility index (Phi) is 57.4.